The average Bonchev–Trinajstić information content (AvgIpc) is 2.97. The summed E-state index contributed by atoms with van der Waals surface area (Å²) in [5.74, 6) is -0.245. The Morgan fingerprint density at radius 1 is 1.39 bits per heavy atom. The molecule has 0 aliphatic carbocycles. The van der Waals surface area contributed by atoms with E-state index in [4.69, 9.17) is 5.73 Å². The SMILES string of the molecule is Nc1ccc2[nH]nc(C(=O)Nc3ccsc3)c2c1. The van der Waals surface area contributed by atoms with Gasteiger partial charge in [0, 0.05) is 16.5 Å². The summed E-state index contributed by atoms with van der Waals surface area (Å²) in [6.45, 7) is 0. The van der Waals surface area contributed by atoms with E-state index < -0.39 is 0 Å². The lowest BCUT2D eigenvalue weighted by molar-refractivity contribution is 0.102. The number of carbonyl (C=O) groups is 1. The van der Waals surface area contributed by atoms with E-state index in [1.54, 1.807) is 18.2 Å². The van der Waals surface area contributed by atoms with Gasteiger partial charge in [-0.3, -0.25) is 9.89 Å². The molecule has 6 heteroatoms. The molecule has 1 aromatic carbocycles. The smallest absolute Gasteiger partial charge is 0.276 e. The van der Waals surface area contributed by atoms with Crippen LogP contribution < -0.4 is 11.1 Å². The highest BCUT2D eigenvalue weighted by atomic mass is 32.1. The Hall–Kier alpha value is -2.34. The van der Waals surface area contributed by atoms with E-state index in [9.17, 15) is 4.79 Å². The van der Waals surface area contributed by atoms with Crippen molar-refractivity contribution in [2.45, 2.75) is 0 Å². The molecule has 0 bridgehead atoms. The van der Waals surface area contributed by atoms with Gasteiger partial charge in [-0.05, 0) is 29.6 Å². The average molecular weight is 258 g/mol. The number of nitrogens with zero attached hydrogens (tertiary/aromatic N) is 1. The molecular formula is C12H10N4OS. The largest absolute Gasteiger partial charge is 0.399 e. The molecule has 3 rings (SSSR count). The van der Waals surface area contributed by atoms with Gasteiger partial charge in [0.1, 0.15) is 0 Å². The standard InChI is InChI=1S/C12H10N4OS/c13-7-1-2-10-9(5-7)11(16-15-10)12(17)14-8-3-4-18-6-8/h1-6H,13H2,(H,14,17)(H,15,16). The van der Waals surface area contributed by atoms with Gasteiger partial charge in [0.2, 0.25) is 0 Å². The molecule has 3 aromatic rings. The number of aromatic amines is 1. The lowest BCUT2D eigenvalue weighted by Crippen LogP contribution is -2.12. The predicted octanol–water partition coefficient (Wildman–Crippen LogP) is 2.46. The van der Waals surface area contributed by atoms with Gasteiger partial charge < -0.3 is 11.1 Å². The number of amides is 1. The van der Waals surface area contributed by atoms with Crippen LogP contribution in [0.3, 0.4) is 0 Å². The fourth-order valence-electron chi connectivity index (χ4n) is 1.73. The minimum atomic E-state index is -0.245. The van der Waals surface area contributed by atoms with Crippen LogP contribution in [0.2, 0.25) is 0 Å². The summed E-state index contributed by atoms with van der Waals surface area (Å²) >= 11 is 1.52. The third kappa shape index (κ3) is 1.82. The van der Waals surface area contributed by atoms with Crippen molar-refractivity contribution < 1.29 is 4.79 Å². The first-order valence-electron chi connectivity index (χ1n) is 5.31. The summed E-state index contributed by atoms with van der Waals surface area (Å²) in [4.78, 5) is 12.1. The van der Waals surface area contributed by atoms with Crippen LogP contribution in [0.5, 0.6) is 0 Å². The van der Waals surface area contributed by atoms with Crippen molar-refractivity contribution in [1.82, 2.24) is 10.2 Å². The summed E-state index contributed by atoms with van der Waals surface area (Å²) in [5.41, 5.74) is 8.23. The second-order valence-corrected chi connectivity index (χ2v) is 4.62. The van der Waals surface area contributed by atoms with Crippen molar-refractivity contribution in [3.63, 3.8) is 0 Å². The summed E-state index contributed by atoms with van der Waals surface area (Å²) in [6.07, 6.45) is 0. The molecule has 0 saturated carbocycles. The molecule has 5 nitrogen and oxygen atoms in total. The predicted molar refractivity (Wildman–Crippen MR) is 72.8 cm³/mol. The van der Waals surface area contributed by atoms with Gasteiger partial charge >= 0.3 is 0 Å². The Bertz CT molecular complexity index is 702. The molecule has 2 aromatic heterocycles. The summed E-state index contributed by atoms with van der Waals surface area (Å²) in [6, 6.07) is 7.15. The van der Waals surface area contributed by atoms with Gasteiger partial charge in [0.25, 0.3) is 5.91 Å². The monoisotopic (exact) mass is 258 g/mol. The third-order valence-electron chi connectivity index (χ3n) is 2.58. The van der Waals surface area contributed by atoms with Crippen molar-refractivity contribution in [2.24, 2.45) is 0 Å². The van der Waals surface area contributed by atoms with Crippen LogP contribution in [-0.2, 0) is 0 Å². The number of fused-ring (bicyclic) bond motifs is 1. The van der Waals surface area contributed by atoms with E-state index in [0.29, 0.717) is 11.4 Å². The van der Waals surface area contributed by atoms with E-state index in [1.807, 2.05) is 16.8 Å². The van der Waals surface area contributed by atoms with E-state index in [0.717, 1.165) is 16.6 Å². The number of thiophene rings is 1. The molecule has 2 heterocycles. The molecule has 0 atom stereocenters. The Morgan fingerprint density at radius 2 is 2.28 bits per heavy atom. The first kappa shape index (κ1) is 10.8. The normalized spacial score (nSPS) is 10.7. The zero-order valence-electron chi connectivity index (χ0n) is 9.31. The van der Waals surface area contributed by atoms with Crippen LogP contribution in [0.4, 0.5) is 11.4 Å². The summed E-state index contributed by atoms with van der Waals surface area (Å²) in [5, 5.41) is 14.1. The zero-order chi connectivity index (χ0) is 12.5. The molecule has 1 amide bonds. The molecule has 0 spiro atoms. The highest BCUT2D eigenvalue weighted by Gasteiger charge is 2.14. The quantitative estimate of drug-likeness (QED) is 0.617. The van der Waals surface area contributed by atoms with E-state index in [1.165, 1.54) is 11.3 Å². The summed E-state index contributed by atoms with van der Waals surface area (Å²) in [7, 11) is 0. The number of nitrogens with one attached hydrogen (secondary N) is 2. The van der Waals surface area contributed by atoms with Crippen LogP contribution in [0.1, 0.15) is 10.5 Å². The Kier molecular flexibility index (Phi) is 2.49. The van der Waals surface area contributed by atoms with Crippen molar-refractivity contribution in [2.75, 3.05) is 11.1 Å². The van der Waals surface area contributed by atoms with E-state index >= 15 is 0 Å². The number of anilines is 2. The Labute approximate surface area is 107 Å². The second-order valence-electron chi connectivity index (χ2n) is 3.84. The molecule has 18 heavy (non-hydrogen) atoms. The summed E-state index contributed by atoms with van der Waals surface area (Å²) < 4.78 is 0. The molecule has 0 aliphatic heterocycles. The molecular weight excluding hydrogens is 248 g/mol. The van der Waals surface area contributed by atoms with Gasteiger partial charge in [-0.15, -0.1) is 0 Å². The molecule has 0 radical (unpaired) electrons. The maximum absolute atomic E-state index is 12.1. The van der Waals surface area contributed by atoms with Crippen molar-refractivity contribution in [3.8, 4) is 0 Å². The second kappa shape index (κ2) is 4.15. The van der Waals surface area contributed by atoms with Crippen molar-refractivity contribution in [3.05, 3.63) is 40.7 Å². The fraction of sp³-hybridized carbons (Fsp3) is 0. The Balaban J connectivity index is 1.98. The Morgan fingerprint density at radius 3 is 3.06 bits per heavy atom. The van der Waals surface area contributed by atoms with Gasteiger partial charge in [-0.2, -0.15) is 16.4 Å². The van der Waals surface area contributed by atoms with Gasteiger partial charge in [-0.1, -0.05) is 0 Å². The minimum Gasteiger partial charge on any atom is -0.399 e. The number of H-pyrrole nitrogens is 1. The van der Waals surface area contributed by atoms with Crippen LogP contribution in [0.15, 0.2) is 35.0 Å². The number of nitrogen functional groups attached to an aromatic ring is 1. The number of hydrogen-bond acceptors (Lipinski definition) is 4. The number of carbonyl (C=O) groups excluding carboxylic acids is 1. The molecule has 0 fully saturated rings. The third-order valence-corrected chi connectivity index (χ3v) is 3.26. The van der Waals surface area contributed by atoms with Gasteiger partial charge in [-0.25, -0.2) is 0 Å². The van der Waals surface area contributed by atoms with Crippen LogP contribution in [0, 0.1) is 0 Å². The molecule has 90 valence electrons. The lowest BCUT2D eigenvalue weighted by Gasteiger charge is -2.00. The topological polar surface area (TPSA) is 83.8 Å². The van der Waals surface area contributed by atoms with Crippen molar-refractivity contribution >= 4 is 39.5 Å². The molecule has 0 aliphatic rings. The van der Waals surface area contributed by atoms with Crippen LogP contribution in [0.25, 0.3) is 10.9 Å². The fourth-order valence-corrected chi connectivity index (χ4v) is 2.32. The number of rotatable bonds is 2. The number of benzene rings is 1. The van der Waals surface area contributed by atoms with Crippen molar-refractivity contribution in [1.29, 1.82) is 0 Å². The number of hydrogen-bond donors (Lipinski definition) is 3. The van der Waals surface area contributed by atoms with E-state index in [-0.39, 0.29) is 5.91 Å². The minimum absolute atomic E-state index is 0.245. The highest BCUT2D eigenvalue weighted by molar-refractivity contribution is 7.08. The van der Waals surface area contributed by atoms with Crippen LogP contribution >= 0.6 is 11.3 Å². The highest BCUT2D eigenvalue weighted by Crippen LogP contribution is 2.20. The van der Waals surface area contributed by atoms with Gasteiger partial charge in [0.05, 0.1) is 11.2 Å². The first-order chi connectivity index (χ1) is 8.74. The number of nitrogens with two attached hydrogens (primary N) is 1. The maximum Gasteiger partial charge on any atom is 0.276 e. The lowest BCUT2D eigenvalue weighted by atomic mass is 10.2. The molecule has 0 unspecified atom stereocenters. The van der Waals surface area contributed by atoms with Crippen LogP contribution in [-0.4, -0.2) is 16.1 Å². The van der Waals surface area contributed by atoms with E-state index in [2.05, 4.69) is 15.5 Å². The zero-order valence-corrected chi connectivity index (χ0v) is 10.1. The maximum atomic E-state index is 12.1. The first-order valence-corrected chi connectivity index (χ1v) is 6.25. The number of aromatic nitrogens is 2. The van der Waals surface area contributed by atoms with Gasteiger partial charge in [0.15, 0.2) is 5.69 Å². The molecule has 0 saturated heterocycles. The molecule has 4 N–H and O–H groups in total.